The van der Waals surface area contributed by atoms with Gasteiger partial charge in [-0.25, -0.2) is 32.3 Å². The van der Waals surface area contributed by atoms with Crippen molar-refractivity contribution in [3.05, 3.63) is 53.7 Å². The quantitative estimate of drug-likeness (QED) is 0.351. The van der Waals surface area contributed by atoms with E-state index in [0.717, 1.165) is 24.4 Å². The number of nitrogens with one attached hydrogen (secondary N) is 1. The maximum atomic E-state index is 15.2. The summed E-state index contributed by atoms with van der Waals surface area (Å²) in [7, 11) is 0. The van der Waals surface area contributed by atoms with E-state index < -0.39 is 35.0 Å². The second kappa shape index (κ2) is 11.8. The van der Waals surface area contributed by atoms with E-state index in [-0.39, 0.29) is 66.6 Å². The number of benzene rings is 2. The van der Waals surface area contributed by atoms with Gasteiger partial charge in [0.05, 0.1) is 29.8 Å². The summed E-state index contributed by atoms with van der Waals surface area (Å²) in [6.45, 7) is 11.2. The van der Waals surface area contributed by atoms with E-state index in [1.807, 2.05) is 18.7 Å². The van der Waals surface area contributed by atoms with E-state index in [1.165, 1.54) is 4.90 Å². The molecule has 13 heteroatoms. The summed E-state index contributed by atoms with van der Waals surface area (Å²) in [5.74, 6) is -3.09. The zero-order chi connectivity index (χ0) is 31.1. The molecule has 1 fully saturated rings. The number of ether oxygens (including phenoxy) is 2. The largest absolute Gasteiger partial charge is 0.486 e. The highest BCUT2D eigenvalue weighted by atomic mass is 19.1. The SMILES string of the molecule is CC(C)N1CCOc2c(F)cc(-c3nc(Nc4cc(F)c(N5CCN(C(=O)OC(C)(C)C)CC5)cc4F)ncc3F)cc21. The van der Waals surface area contributed by atoms with Crippen molar-refractivity contribution in [2.75, 3.05) is 54.4 Å². The predicted molar refractivity (Wildman–Crippen MR) is 155 cm³/mol. The highest BCUT2D eigenvalue weighted by Gasteiger charge is 2.28. The van der Waals surface area contributed by atoms with Gasteiger partial charge in [0.2, 0.25) is 5.95 Å². The first-order valence-electron chi connectivity index (χ1n) is 14.1. The number of nitrogens with zero attached hydrogens (tertiary/aromatic N) is 5. The number of carbonyl (C=O) groups is 1. The Balaban J connectivity index is 1.34. The van der Waals surface area contributed by atoms with Crippen molar-refractivity contribution in [3.8, 4) is 17.0 Å². The fraction of sp³-hybridized carbons (Fsp3) is 0.433. The van der Waals surface area contributed by atoms with Gasteiger partial charge in [0.25, 0.3) is 0 Å². The molecule has 43 heavy (non-hydrogen) atoms. The second-order valence-electron chi connectivity index (χ2n) is 11.7. The fourth-order valence-electron chi connectivity index (χ4n) is 5.06. The van der Waals surface area contributed by atoms with Gasteiger partial charge in [-0.2, -0.15) is 0 Å². The van der Waals surface area contributed by atoms with Crippen molar-refractivity contribution in [1.29, 1.82) is 0 Å². The van der Waals surface area contributed by atoms with Gasteiger partial charge in [-0.1, -0.05) is 0 Å². The Labute approximate surface area is 247 Å². The number of anilines is 4. The molecule has 1 saturated heterocycles. The van der Waals surface area contributed by atoms with Gasteiger partial charge >= 0.3 is 6.09 Å². The van der Waals surface area contributed by atoms with Crippen LogP contribution in [0, 0.1) is 23.3 Å². The minimum atomic E-state index is -0.815. The lowest BCUT2D eigenvalue weighted by Gasteiger charge is -2.36. The molecule has 0 unspecified atom stereocenters. The molecule has 0 radical (unpaired) electrons. The minimum absolute atomic E-state index is 0.0362. The van der Waals surface area contributed by atoms with Crippen LogP contribution in [-0.4, -0.2) is 71.9 Å². The summed E-state index contributed by atoms with van der Waals surface area (Å²) in [6, 6.07) is 4.76. The molecule has 1 N–H and O–H groups in total. The topological polar surface area (TPSA) is 83.1 Å². The van der Waals surface area contributed by atoms with E-state index in [4.69, 9.17) is 9.47 Å². The molecule has 3 heterocycles. The van der Waals surface area contributed by atoms with Crippen LogP contribution in [0.4, 0.5) is 45.4 Å². The van der Waals surface area contributed by atoms with Crippen molar-refractivity contribution in [2.45, 2.75) is 46.3 Å². The third-order valence-electron chi connectivity index (χ3n) is 7.11. The number of hydrogen-bond donors (Lipinski definition) is 1. The summed E-state index contributed by atoms with van der Waals surface area (Å²) >= 11 is 0. The van der Waals surface area contributed by atoms with Crippen LogP contribution >= 0.6 is 0 Å². The fourth-order valence-corrected chi connectivity index (χ4v) is 5.06. The number of piperazine rings is 1. The third kappa shape index (κ3) is 6.55. The van der Waals surface area contributed by atoms with E-state index >= 15 is 8.78 Å². The Morgan fingerprint density at radius 3 is 2.33 bits per heavy atom. The molecule has 0 spiro atoms. The molecule has 0 aliphatic carbocycles. The molecule has 0 atom stereocenters. The molecule has 0 saturated carbocycles. The van der Waals surface area contributed by atoms with E-state index in [1.54, 1.807) is 31.7 Å². The lowest BCUT2D eigenvalue weighted by atomic mass is 10.1. The highest BCUT2D eigenvalue weighted by molar-refractivity contribution is 5.73. The standard InChI is InChI=1S/C30H34F4N6O3/c1-17(2)40-10-11-42-27-21(33)12-18(13-25(27)40)26-22(34)16-35-28(37-26)36-23-14-20(32)24(15-19(23)31)38-6-8-39(9-7-38)29(41)43-30(3,4)5/h12-17H,6-11H2,1-5H3,(H,35,36,37). The Morgan fingerprint density at radius 2 is 1.65 bits per heavy atom. The summed E-state index contributed by atoms with van der Waals surface area (Å²) < 4.78 is 71.2. The number of rotatable bonds is 5. The van der Waals surface area contributed by atoms with Crippen LogP contribution in [0.25, 0.3) is 11.3 Å². The van der Waals surface area contributed by atoms with Crippen LogP contribution in [-0.2, 0) is 4.74 Å². The molecule has 9 nitrogen and oxygen atoms in total. The number of carbonyl (C=O) groups excluding carboxylic acids is 1. The van der Waals surface area contributed by atoms with Gasteiger partial charge in [-0.15, -0.1) is 0 Å². The van der Waals surface area contributed by atoms with Gasteiger partial charge in [-0.05, 0) is 46.8 Å². The first kappa shape index (κ1) is 30.2. The molecule has 230 valence electrons. The van der Waals surface area contributed by atoms with Gasteiger partial charge < -0.3 is 29.5 Å². The van der Waals surface area contributed by atoms with Crippen molar-refractivity contribution in [1.82, 2.24) is 14.9 Å². The number of fused-ring (bicyclic) bond motifs is 1. The normalized spacial score (nSPS) is 15.3. The smallest absolute Gasteiger partial charge is 0.410 e. The van der Waals surface area contributed by atoms with Crippen LogP contribution in [0.15, 0.2) is 30.5 Å². The van der Waals surface area contributed by atoms with Crippen molar-refractivity contribution in [2.24, 2.45) is 0 Å². The predicted octanol–water partition coefficient (Wildman–Crippen LogP) is 6.11. The summed E-state index contributed by atoms with van der Waals surface area (Å²) in [4.78, 5) is 25.5. The maximum Gasteiger partial charge on any atom is 0.410 e. The van der Waals surface area contributed by atoms with Crippen LogP contribution in [0.2, 0.25) is 0 Å². The van der Waals surface area contributed by atoms with Crippen molar-refractivity contribution < 1.29 is 31.8 Å². The number of hydrogen-bond acceptors (Lipinski definition) is 8. The Bertz CT molecular complexity index is 1520. The molecule has 3 aromatic rings. The highest BCUT2D eigenvalue weighted by Crippen LogP contribution is 2.39. The van der Waals surface area contributed by atoms with Gasteiger partial charge in [0.1, 0.15) is 29.5 Å². The van der Waals surface area contributed by atoms with Crippen LogP contribution in [0.3, 0.4) is 0 Å². The first-order valence-corrected chi connectivity index (χ1v) is 14.1. The van der Waals surface area contributed by atoms with Gasteiger partial charge in [0, 0.05) is 49.9 Å². The van der Waals surface area contributed by atoms with Crippen LogP contribution < -0.4 is 19.9 Å². The van der Waals surface area contributed by atoms with Gasteiger partial charge in [0.15, 0.2) is 17.4 Å². The molecule has 0 bridgehead atoms. The zero-order valence-electron chi connectivity index (χ0n) is 24.7. The molecule has 5 rings (SSSR count). The monoisotopic (exact) mass is 602 g/mol. The molecule has 2 aliphatic heterocycles. The lowest BCUT2D eigenvalue weighted by molar-refractivity contribution is 0.0240. The zero-order valence-corrected chi connectivity index (χ0v) is 24.7. The summed E-state index contributed by atoms with van der Waals surface area (Å²) in [5, 5.41) is 2.61. The Morgan fingerprint density at radius 1 is 0.930 bits per heavy atom. The molecule has 2 aromatic carbocycles. The van der Waals surface area contributed by atoms with Crippen LogP contribution in [0.1, 0.15) is 34.6 Å². The Hall–Kier alpha value is -4.29. The third-order valence-corrected chi connectivity index (χ3v) is 7.11. The molecule has 1 amide bonds. The average molecular weight is 603 g/mol. The summed E-state index contributed by atoms with van der Waals surface area (Å²) in [6.07, 6.45) is 0.423. The summed E-state index contributed by atoms with van der Waals surface area (Å²) in [5.41, 5.74) is -0.463. The van der Waals surface area contributed by atoms with Gasteiger partial charge in [-0.3, -0.25) is 0 Å². The second-order valence-corrected chi connectivity index (χ2v) is 11.7. The van der Waals surface area contributed by atoms with Crippen molar-refractivity contribution >= 4 is 29.1 Å². The minimum Gasteiger partial charge on any atom is -0.486 e. The lowest BCUT2D eigenvalue weighted by Crippen LogP contribution is -2.50. The number of halogens is 4. The number of aromatic nitrogens is 2. The van der Waals surface area contributed by atoms with E-state index in [9.17, 15) is 13.6 Å². The van der Waals surface area contributed by atoms with E-state index in [0.29, 0.717) is 18.8 Å². The average Bonchev–Trinajstić information content (AvgIpc) is 2.94. The molecular weight excluding hydrogens is 568 g/mol. The molecule has 1 aromatic heterocycles. The van der Waals surface area contributed by atoms with Crippen LogP contribution in [0.5, 0.6) is 5.75 Å². The number of amides is 1. The maximum absolute atomic E-state index is 15.2. The Kier molecular flexibility index (Phi) is 8.26. The molecular formula is C30H34F4N6O3. The van der Waals surface area contributed by atoms with E-state index in [2.05, 4.69) is 15.3 Å². The van der Waals surface area contributed by atoms with Crippen molar-refractivity contribution in [3.63, 3.8) is 0 Å². The molecule has 2 aliphatic rings. The first-order chi connectivity index (χ1) is 20.3.